The molecule has 2 aliphatic rings. The SMILES string of the molecule is CCC1CCC(N(C)CC(N)(CO)C2CC2)CC1. The number of likely N-dealkylation sites (N-methyl/N-ethyl adjacent to an activating group) is 1. The van der Waals surface area contributed by atoms with E-state index < -0.39 is 0 Å². The number of hydrogen-bond acceptors (Lipinski definition) is 3. The van der Waals surface area contributed by atoms with Crippen LogP contribution in [0, 0.1) is 11.8 Å². The molecule has 0 aromatic carbocycles. The number of aliphatic hydroxyl groups excluding tert-OH is 1. The van der Waals surface area contributed by atoms with Crippen molar-refractivity contribution in [3.8, 4) is 0 Å². The molecule has 1 atom stereocenters. The zero-order valence-electron chi connectivity index (χ0n) is 12.1. The third kappa shape index (κ3) is 3.25. The lowest BCUT2D eigenvalue weighted by Gasteiger charge is -2.39. The molecule has 0 saturated heterocycles. The minimum atomic E-state index is -0.351. The van der Waals surface area contributed by atoms with E-state index in [-0.39, 0.29) is 12.1 Å². The Balaban J connectivity index is 1.82. The summed E-state index contributed by atoms with van der Waals surface area (Å²) in [6.45, 7) is 3.29. The first-order chi connectivity index (χ1) is 8.59. The first-order valence-electron chi connectivity index (χ1n) is 7.69. The van der Waals surface area contributed by atoms with Crippen LogP contribution in [0.4, 0.5) is 0 Å². The van der Waals surface area contributed by atoms with Gasteiger partial charge in [-0.05, 0) is 57.4 Å². The molecule has 0 radical (unpaired) electrons. The van der Waals surface area contributed by atoms with Crippen molar-refractivity contribution in [1.29, 1.82) is 0 Å². The van der Waals surface area contributed by atoms with Crippen LogP contribution >= 0.6 is 0 Å². The molecule has 0 amide bonds. The zero-order valence-corrected chi connectivity index (χ0v) is 12.1. The quantitative estimate of drug-likeness (QED) is 0.762. The van der Waals surface area contributed by atoms with Crippen molar-refractivity contribution in [3.05, 3.63) is 0 Å². The summed E-state index contributed by atoms with van der Waals surface area (Å²) in [6, 6.07) is 0.682. The van der Waals surface area contributed by atoms with Gasteiger partial charge < -0.3 is 15.7 Å². The molecule has 1 unspecified atom stereocenters. The summed E-state index contributed by atoms with van der Waals surface area (Å²) in [7, 11) is 2.19. The van der Waals surface area contributed by atoms with Crippen molar-refractivity contribution in [2.75, 3.05) is 20.2 Å². The van der Waals surface area contributed by atoms with Crippen molar-refractivity contribution in [1.82, 2.24) is 4.90 Å². The van der Waals surface area contributed by atoms with Crippen LogP contribution in [0.1, 0.15) is 51.9 Å². The summed E-state index contributed by atoms with van der Waals surface area (Å²) in [5, 5.41) is 9.57. The third-order valence-corrected chi connectivity index (χ3v) is 5.25. The summed E-state index contributed by atoms with van der Waals surface area (Å²) >= 11 is 0. The van der Waals surface area contributed by atoms with Crippen LogP contribution in [-0.4, -0.2) is 41.8 Å². The van der Waals surface area contributed by atoms with E-state index in [0.717, 1.165) is 12.5 Å². The fourth-order valence-electron chi connectivity index (χ4n) is 3.55. The van der Waals surface area contributed by atoms with E-state index in [9.17, 15) is 5.11 Å². The normalized spacial score (nSPS) is 32.5. The van der Waals surface area contributed by atoms with Gasteiger partial charge in [0.15, 0.2) is 0 Å². The Bertz CT molecular complexity index is 259. The molecule has 0 aromatic rings. The summed E-state index contributed by atoms with van der Waals surface area (Å²) in [6.07, 6.45) is 9.08. The number of rotatable bonds is 6. The van der Waals surface area contributed by atoms with Gasteiger partial charge in [-0.2, -0.15) is 0 Å². The molecule has 2 rings (SSSR count). The van der Waals surface area contributed by atoms with Crippen molar-refractivity contribution >= 4 is 0 Å². The second kappa shape index (κ2) is 5.89. The highest BCUT2D eigenvalue weighted by Gasteiger charge is 2.43. The molecule has 2 saturated carbocycles. The van der Waals surface area contributed by atoms with E-state index in [1.165, 1.54) is 44.9 Å². The largest absolute Gasteiger partial charge is 0.394 e. The Kier molecular flexibility index (Phi) is 4.68. The maximum Gasteiger partial charge on any atom is 0.0626 e. The van der Waals surface area contributed by atoms with Crippen molar-refractivity contribution < 1.29 is 5.11 Å². The van der Waals surface area contributed by atoms with Crippen LogP contribution in [0.2, 0.25) is 0 Å². The second-order valence-corrected chi connectivity index (χ2v) is 6.66. The highest BCUT2D eigenvalue weighted by molar-refractivity contribution is 5.00. The van der Waals surface area contributed by atoms with Gasteiger partial charge in [0.1, 0.15) is 0 Å². The van der Waals surface area contributed by atoms with Gasteiger partial charge >= 0.3 is 0 Å². The highest BCUT2D eigenvalue weighted by Crippen LogP contribution is 2.39. The van der Waals surface area contributed by atoms with Crippen LogP contribution in [0.15, 0.2) is 0 Å². The lowest BCUT2D eigenvalue weighted by molar-refractivity contribution is 0.0910. The zero-order chi connectivity index (χ0) is 13.2. The molecular formula is C15H30N2O. The smallest absolute Gasteiger partial charge is 0.0626 e. The molecule has 18 heavy (non-hydrogen) atoms. The molecule has 3 N–H and O–H groups in total. The Morgan fingerprint density at radius 1 is 1.17 bits per heavy atom. The molecule has 0 spiro atoms. The lowest BCUT2D eigenvalue weighted by Crippen LogP contribution is -2.56. The van der Waals surface area contributed by atoms with E-state index in [1.807, 2.05) is 0 Å². The maximum absolute atomic E-state index is 9.57. The fraction of sp³-hybridized carbons (Fsp3) is 1.00. The predicted octanol–water partition coefficient (Wildman–Crippen LogP) is 1.99. The average molecular weight is 254 g/mol. The molecule has 106 valence electrons. The standard InChI is InChI=1S/C15H30N2O/c1-3-12-4-8-14(9-5-12)17(2)10-15(16,11-18)13-6-7-13/h12-14,18H,3-11,16H2,1-2H3. The highest BCUT2D eigenvalue weighted by atomic mass is 16.3. The molecule has 0 aliphatic heterocycles. The Labute approximate surface area is 112 Å². The minimum absolute atomic E-state index is 0.131. The first kappa shape index (κ1) is 14.3. The van der Waals surface area contributed by atoms with Crippen LogP contribution in [0.25, 0.3) is 0 Å². The summed E-state index contributed by atoms with van der Waals surface area (Å²) in [5.41, 5.74) is 6.02. The molecule has 0 aromatic heterocycles. The summed E-state index contributed by atoms with van der Waals surface area (Å²) in [5.74, 6) is 1.50. The van der Waals surface area contributed by atoms with E-state index in [2.05, 4.69) is 18.9 Å². The molecule has 0 heterocycles. The van der Waals surface area contributed by atoms with Gasteiger partial charge in [-0.25, -0.2) is 0 Å². The lowest BCUT2D eigenvalue weighted by atomic mass is 9.83. The average Bonchev–Trinajstić information content (AvgIpc) is 3.23. The molecule has 3 nitrogen and oxygen atoms in total. The van der Waals surface area contributed by atoms with E-state index >= 15 is 0 Å². The summed E-state index contributed by atoms with van der Waals surface area (Å²) in [4.78, 5) is 2.42. The topological polar surface area (TPSA) is 49.5 Å². The number of nitrogens with two attached hydrogens (primary N) is 1. The van der Waals surface area contributed by atoms with Gasteiger partial charge in [-0.3, -0.25) is 0 Å². The fourth-order valence-corrected chi connectivity index (χ4v) is 3.55. The third-order valence-electron chi connectivity index (χ3n) is 5.25. The van der Waals surface area contributed by atoms with Crippen molar-refractivity contribution in [3.63, 3.8) is 0 Å². The van der Waals surface area contributed by atoms with Gasteiger partial charge in [-0.1, -0.05) is 13.3 Å². The minimum Gasteiger partial charge on any atom is -0.394 e. The molecule has 2 aliphatic carbocycles. The maximum atomic E-state index is 9.57. The van der Waals surface area contributed by atoms with Gasteiger partial charge in [-0.15, -0.1) is 0 Å². The van der Waals surface area contributed by atoms with Crippen LogP contribution in [0.5, 0.6) is 0 Å². The number of hydrogen-bond donors (Lipinski definition) is 2. The first-order valence-corrected chi connectivity index (χ1v) is 7.69. The Morgan fingerprint density at radius 3 is 2.22 bits per heavy atom. The summed E-state index contributed by atoms with van der Waals surface area (Å²) < 4.78 is 0. The molecule has 0 bridgehead atoms. The number of aliphatic hydroxyl groups is 1. The van der Waals surface area contributed by atoms with E-state index in [1.54, 1.807) is 0 Å². The van der Waals surface area contributed by atoms with Crippen LogP contribution in [-0.2, 0) is 0 Å². The van der Waals surface area contributed by atoms with E-state index in [4.69, 9.17) is 5.73 Å². The van der Waals surface area contributed by atoms with Gasteiger partial charge in [0, 0.05) is 12.6 Å². The van der Waals surface area contributed by atoms with E-state index in [0.29, 0.717) is 12.0 Å². The van der Waals surface area contributed by atoms with Crippen LogP contribution < -0.4 is 5.73 Å². The van der Waals surface area contributed by atoms with Crippen molar-refractivity contribution in [2.24, 2.45) is 17.6 Å². The van der Waals surface area contributed by atoms with Gasteiger partial charge in [0.05, 0.1) is 12.1 Å². The second-order valence-electron chi connectivity index (χ2n) is 6.66. The number of nitrogens with zero attached hydrogens (tertiary/aromatic N) is 1. The molecule has 2 fully saturated rings. The Hall–Kier alpha value is -0.120. The predicted molar refractivity (Wildman–Crippen MR) is 75.4 cm³/mol. The molecule has 3 heteroatoms. The van der Waals surface area contributed by atoms with Crippen LogP contribution in [0.3, 0.4) is 0 Å². The van der Waals surface area contributed by atoms with Gasteiger partial charge in [0.2, 0.25) is 0 Å². The van der Waals surface area contributed by atoms with Crippen molar-refractivity contribution in [2.45, 2.75) is 63.5 Å². The van der Waals surface area contributed by atoms with Gasteiger partial charge in [0.25, 0.3) is 0 Å². The molecular weight excluding hydrogens is 224 g/mol. The monoisotopic (exact) mass is 254 g/mol. The Morgan fingerprint density at radius 2 is 1.78 bits per heavy atom.